The number of hydrogen-bond acceptors (Lipinski definition) is 6. The van der Waals surface area contributed by atoms with E-state index in [2.05, 4.69) is 99.8 Å². The molecule has 0 rings (SSSR count). The Morgan fingerprint density at radius 2 is 0.551 bits per heavy atom. The summed E-state index contributed by atoms with van der Waals surface area (Å²) in [6.07, 6.45) is 74.4. The first-order valence-corrected chi connectivity index (χ1v) is 29.1. The fourth-order valence-electron chi connectivity index (χ4n) is 7.94. The van der Waals surface area contributed by atoms with Gasteiger partial charge in [-0.25, -0.2) is 0 Å². The summed E-state index contributed by atoms with van der Waals surface area (Å²) >= 11 is 0. The zero-order chi connectivity index (χ0) is 50.0. The van der Waals surface area contributed by atoms with Crippen molar-refractivity contribution in [1.82, 2.24) is 0 Å². The molecule has 0 spiro atoms. The van der Waals surface area contributed by atoms with Crippen LogP contribution in [0.5, 0.6) is 0 Å². The van der Waals surface area contributed by atoms with E-state index in [1.54, 1.807) is 0 Å². The van der Waals surface area contributed by atoms with E-state index in [1.807, 2.05) is 6.08 Å². The average molecular weight is 962 g/mol. The maximum atomic E-state index is 12.8. The quantitative estimate of drug-likeness (QED) is 0.0262. The van der Waals surface area contributed by atoms with Crippen molar-refractivity contribution in [1.29, 1.82) is 0 Å². The summed E-state index contributed by atoms with van der Waals surface area (Å²) in [5.74, 6) is -0.995. The maximum absolute atomic E-state index is 12.8. The number of ether oxygens (including phenoxy) is 3. The molecule has 0 saturated carbocycles. The van der Waals surface area contributed by atoms with E-state index in [0.29, 0.717) is 19.3 Å². The molecule has 0 saturated heterocycles. The highest BCUT2D eigenvalue weighted by atomic mass is 16.6. The second kappa shape index (κ2) is 57.2. The molecule has 0 aliphatic rings. The van der Waals surface area contributed by atoms with Crippen LogP contribution in [0, 0.1) is 0 Å². The zero-order valence-electron chi connectivity index (χ0n) is 45.3. The monoisotopic (exact) mass is 961 g/mol. The van der Waals surface area contributed by atoms with E-state index >= 15 is 0 Å². The summed E-state index contributed by atoms with van der Waals surface area (Å²) in [4.78, 5) is 38.1. The van der Waals surface area contributed by atoms with Crippen LogP contribution in [0.25, 0.3) is 0 Å². The molecular formula is C63H108O6. The SMILES string of the molecule is CCCCC/C=C\C/C=C\C/C=C\C/C=C\C/C=C\CCC(=O)OC[C@H](COC(=O)CCCCCCCCCCC/C=C\CCCCCCCC)OC(=O)CCCCCCC/C=C\CCCCCC. The zero-order valence-corrected chi connectivity index (χ0v) is 45.3. The number of unbranched alkanes of at least 4 members (excludes halogenated alkanes) is 27. The predicted octanol–water partition coefficient (Wildman–Crippen LogP) is 19.5. The van der Waals surface area contributed by atoms with Crippen molar-refractivity contribution in [3.63, 3.8) is 0 Å². The number of hydrogen-bond donors (Lipinski definition) is 0. The standard InChI is InChI=1S/C63H108O6/c1-4-7-10-13-16-19-22-25-27-29-31-33-35-38-40-43-46-49-52-55-61(64)67-58-60(69-63(66)57-54-51-48-45-42-37-24-21-18-15-12-9-6-3)59-68-62(65)56-53-50-47-44-41-39-36-34-32-30-28-26-23-20-17-14-11-8-5-2/h16,19,21,24-28,31,33,38,40,46,49,60H,4-15,17-18,20,22-23,29-30,32,34-37,39,41-45,47-48,50-59H2,1-3H3/b19-16-,24-21-,27-25-,28-26-,33-31-,40-38-,49-46-/t60-/m1/s1. The first-order chi connectivity index (χ1) is 34.0. The van der Waals surface area contributed by atoms with Crippen molar-refractivity contribution in [2.75, 3.05) is 13.2 Å². The highest BCUT2D eigenvalue weighted by Crippen LogP contribution is 2.15. The lowest BCUT2D eigenvalue weighted by atomic mass is 10.1. The highest BCUT2D eigenvalue weighted by molar-refractivity contribution is 5.71. The number of carbonyl (C=O) groups is 3. The molecule has 0 radical (unpaired) electrons. The van der Waals surface area contributed by atoms with Gasteiger partial charge >= 0.3 is 17.9 Å². The molecule has 0 heterocycles. The topological polar surface area (TPSA) is 78.9 Å². The maximum Gasteiger partial charge on any atom is 0.306 e. The lowest BCUT2D eigenvalue weighted by Crippen LogP contribution is -2.30. The van der Waals surface area contributed by atoms with Crippen molar-refractivity contribution in [2.24, 2.45) is 0 Å². The third-order valence-corrected chi connectivity index (χ3v) is 12.4. The van der Waals surface area contributed by atoms with Crippen LogP contribution in [0.4, 0.5) is 0 Å². The fraction of sp³-hybridized carbons (Fsp3) is 0.730. The third kappa shape index (κ3) is 55.4. The van der Waals surface area contributed by atoms with Crippen LogP contribution >= 0.6 is 0 Å². The number of allylic oxidation sites excluding steroid dienone is 14. The van der Waals surface area contributed by atoms with E-state index < -0.39 is 6.10 Å². The van der Waals surface area contributed by atoms with Crippen molar-refractivity contribution < 1.29 is 28.6 Å². The largest absolute Gasteiger partial charge is 0.462 e. The minimum absolute atomic E-state index is 0.103. The predicted molar refractivity (Wildman–Crippen MR) is 297 cm³/mol. The van der Waals surface area contributed by atoms with E-state index in [0.717, 1.165) is 77.0 Å². The van der Waals surface area contributed by atoms with Crippen LogP contribution < -0.4 is 0 Å². The van der Waals surface area contributed by atoms with Gasteiger partial charge in [0.15, 0.2) is 6.10 Å². The molecule has 0 aliphatic heterocycles. The molecule has 0 N–H and O–H groups in total. The van der Waals surface area contributed by atoms with Crippen LogP contribution in [-0.2, 0) is 28.6 Å². The Bertz CT molecular complexity index is 1330. The summed E-state index contributed by atoms with van der Waals surface area (Å²) in [6, 6.07) is 0. The van der Waals surface area contributed by atoms with Crippen LogP contribution in [0.15, 0.2) is 85.1 Å². The molecule has 0 aromatic carbocycles. The highest BCUT2D eigenvalue weighted by Gasteiger charge is 2.19. The molecule has 396 valence electrons. The Hall–Kier alpha value is -3.41. The van der Waals surface area contributed by atoms with E-state index in [9.17, 15) is 14.4 Å². The molecule has 0 bridgehead atoms. The van der Waals surface area contributed by atoms with E-state index in [-0.39, 0.29) is 37.5 Å². The van der Waals surface area contributed by atoms with Crippen molar-refractivity contribution in [2.45, 2.75) is 284 Å². The molecule has 6 nitrogen and oxygen atoms in total. The lowest BCUT2D eigenvalue weighted by molar-refractivity contribution is -0.166. The average Bonchev–Trinajstić information content (AvgIpc) is 3.35. The van der Waals surface area contributed by atoms with Crippen LogP contribution in [0.3, 0.4) is 0 Å². The van der Waals surface area contributed by atoms with Gasteiger partial charge in [0.1, 0.15) is 13.2 Å². The number of carbonyl (C=O) groups excluding carboxylic acids is 3. The molecule has 1 atom stereocenters. The summed E-state index contributed by atoms with van der Waals surface area (Å²) in [5.41, 5.74) is 0. The lowest BCUT2D eigenvalue weighted by Gasteiger charge is -2.18. The Labute approximate surface area is 426 Å². The summed E-state index contributed by atoms with van der Waals surface area (Å²) in [5, 5.41) is 0. The summed E-state index contributed by atoms with van der Waals surface area (Å²) in [6.45, 7) is 6.53. The normalized spacial score (nSPS) is 12.7. The minimum atomic E-state index is -0.812. The van der Waals surface area contributed by atoms with Gasteiger partial charge in [-0.15, -0.1) is 0 Å². The van der Waals surface area contributed by atoms with Gasteiger partial charge in [-0.3, -0.25) is 14.4 Å². The molecule has 0 amide bonds. The van der Waals surface area contributed by atoms with E-state index in [1.165, 1.54) is 154 Å². The molecule has 0 unspecified atom stereocenters. The van der Waals surface area contributed by atoms with Crippen LogP contribution in [0.1, 0.15) is 278 Å². The first kappa shape index (κ1) is 65.6. The molecular weight excluding hydrogens is 853 g/mol. The Morgan fingerprint density at radius 1 is 0.290 bits per heavy atom. The molecule has 0 fully saturated rings. The van der Waals surface area contributed by atoms with Gasteiger partial charge in [0.2, 0.25) is 0 Å². The summed E-state index contributed by atoms with van der Waals surface area (Å²) < 4.78 is 16.8. The molecule has 0 aromatic rings. The number of esters is 3. The molecule has 69 heavy (non-hydrogen) atoms. The first-order valence-electron chi connectivity index (χ1n) is 29.1. The van der Waals surface area contributed by atoms with Gasteiger partial charge in [0, 0.05) is 19.3 Å². The minimum Gasteiger partial charge on any atom is -0.462 e. The van der Waals surface area contributed by atoms with Gasteiger partial charge in [0.25, 0.3) is 0 Å². The van der Waals surface area contributed by atoms with Crippen LogP contribution in [-0.4, -0.2) is 37.2 Å². The van der Waals surface area contributed by atoms with Crippen molar-refractivity contribution in [3.05, 3.63) is 85.1 Å². The van der Waals surface area contributed by atoms with Crippen molar-refractivity contribution in [3.8, 4) is 0 Å². The van der Waals surface area contributed by atoms with Gasteiger partial charge < -0.3 is 14.2 Å². The van der Waals surface area contributed by atoms with Crippen LogP contribution in [0.2, 0.25) is 0 Å². The summed E-state index contributed by atoms with van der Waals surface area (Å²) in [7, 11) is 0. The third-order valence-electron chi connectivity index (χ3n) is 12.4. The van der Waals surface area contributed by atoms with Gasteiger partial charge in [-0.2, -0.15) is 0 Å². The van der Waals surface area contributed by atoms with Crippen molar-refractivity contribution >= 4 is 17.9 Å². The van der Waals surface area contributed by atoms with Gasteiger partial charge in [-0.05, 0) is 109 Å². The second-order valence-electron chi connectivity index (χ2n) is 19.2. The smallest absolute Gasteiger partial charge is 0.306 e. The number of rotatable bonds is 52. The van der Waals surface area contributed by atoms with Gasteiger partial charge in [0.05, 0.1) is 0 Å². The Kier molecular flexibility index (Phi) is 54.3. The molecule has 6 heteroatoms. The second-order valence-corrected chi connectivity index (χ2v) is 19.2. The molecule has 0 aromatic heterocycles. The Balaban J connectivity index is 4.46. The fourth-order valence-corrected chi connectivity index (χ4v) is 7.94. The molecule has 0 aliphatic carbocycles. The van der Waals surface area contributed by atoms with E-state index in [4.69, 9.17) is 14.2 Å². The Morgan fingerprint density at radius 3 is 0.957 bits per heavy atom. The van der Waals surface area contributed by atoms with Gasteiger partial charge in [-0.1, -0.05) is 234 Å².